The van der Waals surface area contributed by atoms with E-state index in [1.807, 2.05) is 6.92 Å². The summed E-state index contributed by atoms with van der Waals surface area (Å²) >= 11 is 0. The Labute approximate surface area is 125 Å². The third-order valence-corrected chi connectivity index (χ3v) is 4.84. The molecular formula is C18H21NO2. The zero-order valence-corrected chi connectivity index (χ0v) is 12.5. The largest absolute Gasteiger partial charge is 0.481 e. The fraction of sp³-hybridized carbons (Fsp3) is 0.389. The monoisotopic (exact) mass is 283 g/mol. The van der Waals surface area contributed by atoms with Gasteiger partial charge in [0.05, 0.1) is 5.92 Å². The van der Waals surface area contributed by atoms with E-state index in [0.717, 1.165) is 13.1 Å². The van der Waals surface area contributed by atoms with E-state index in [4.69, 9.17) is 5.11 Å². The number of aliphatic carboxylic acids is 1. The molecule has 2 atom stereocenters. The van der Waals surface area contributed by atoms with Gasteiger partial charge in [0, 0.05) is 19.1 Å². The van der Waals surface area contributed by atoms with E-state index in [9.17, 15) is 4.79 Å². The summed E-state index contributed by atoms with van der Waals surface area (Å²) < 4.78 is 0. The van der Waals surface area contributed by atoms with Crippen molar-refractivity contribution in [2.24, 2.45) is 11.8 Å². The number of nitrogens with zero attached hydrogens (tertiary/aromatic N) is 1. The Morgan fingerprint density at radius 2 is 1.81 bits per heavy atom. The first kappa shape index (κ1) is 14.1. The van der Waals surface area contributed by atoms with Crippen LogP contribution in [0.5, 0.6) is 0 Å². The van der Waals surface area contributed by atoms with Crippen LogP contribution in [0.4, 0.5) is 0 Å². The lowest BCUT2D eigenvalue weighted by atomic mass is 9.85. The fourth-order valence-electron chi connectivity index (χ4n) is 3.06. The second-order valence-corrected chi connectivity index (χ2v) is 6.12. The second kappa shape index (κ2) is 5.49. The van der Waals surface area contributed by atoms with Gasteiger partial charge in [0.25, 0.3) is 0 Å². The van der Waals surface area contributed by atoms with Crippen molar-refractivity contribution in [3.05, 3.63) is 48.0 Å². The predicted molar refractivity (Wildman–Crippen MR) is 84.2 cm³/mol. The van der Waals surface area contributed by atoms with E-state index in [1.54, 1.807) is 0 Å². The average Bonchev–Trinajstić information content (AvgIpc) is 2.44. The molecule has 2 unspecified atom stereocenters. The summed E-state index contributed by atoms with van der Waals surface area (Å²) in [6, 6.07) is 15.3. The standard InChI is InChI=1S/C18H21NO2/c1-12(18(20)21)17-10-19(11-17)13(2)15-8-7-14-5-3-4-6-16(14)9-15/h3-9,12-13,17H,10-11H2,1-2H3,(H,20,21). The first-order valence-electron chi connectivity index (χ1n) is 7.52. The summed E-state index contributed by atoms with van der Waals surface area (Å²) in [7, 11) is 0. The quantitative estimate of drug-likeness (QED) is 0.932. The number of likely N-dealkylation sites (tertiary alicyclic amines) is 1. The lowest BCUT2D eigenvalue weighted by Crippen LogP contribution is -2.51. The van der Waals surface area contributed by atoms with Crippen LogP contribution in [0.15, 0.2) is 42.5 Å². The van der Waals surface area contributed by atoms with Crippen LogP contribution in [0.25, 0.3) is 10.8 Å². The highest BCUT2D eigenvalue weighted by Crippen LogP contribution is 2.33. The minimum absolute atomic E-state index is 0.245. The molecule has 0 aliphatic carbocycles. The molecule has 1 saturated heterocycles. The molecule has 3 rings (SSSR count). The third-order valence-electron chi connectivity index (χ3n) is 4.84. The molecule has 3 heteroatoms. The normalized spacial score (nSPS) is 19.1. The summed E-state index contributed by atoms with van der Waals surface area (Å²) in [5.74, 6) is -0.645. The van der Waals surface area contributed by atoms with Gasteiger partial charge >= 0.3 is 5.97 Å². The smallest absolute Gasteiger partial charge is 0.306 e. The van der Waals surface area contributed by atoms with Crippen molar-refractivity contribution < 1.29 is 9.90 Å². The highest BCUT2D eigenvalue weighted by molar-refractivity contribution is 5.83. The van der Waals surface area contributed by atoms with Crippen molar-refractivity contribution in [2.45, 2.75) is 19.9 Å². The van der Waals surface area contributed by atoms with Gasteiger partial charge in [-0.15, -0.1) is 0 Å². The number of rotatable bonds is 4. The Balaban J connectivity index is 1.71. The van der Waals surface area contributed by atoms with Gasteiger partial charge < -0.3 is 5.11 Å². The minimum Gasteiger partial charge on any atom is -0.481 e. The molecule has 0 saturated carbocycles. The van der Waals surface area contributed by atoms with Gasteiger partial charge in [-0.1, -0.05) is 43.3 Å². The summed E-state index contributed by atoms with van der Waals surface area (Å²) in [4.78, 5) is 13.4. The van der Waals surface area contributed by atoms with Gasteiger partial charge in [-0.05, 0) is 35.2 Å². The van der Waals surface area contributed by atoms with Crippen molar-refractivity contribution in [2.75, 3.05) is 13.1 Å². The number of fused-ring (bicyclic) bond motifs is 1. The Morgan fingerprint density at radius 1 is 1.14 bits per heavy atom. The predicted octanol–water partition coefficient (Wildman–Crippen LogP) is 3.55. The van der Waals surface area contributed by atoms with Gasteiger partial charge in [0.15, 0.2) is 0 Å². The van der Waals surface area contributed by atoms with Crippen LogP contribution >= 0.6 is 0 Å². The van der Waals surface area contributed by atoms with Gasteiger partial charge in [0.2, 0.25) is 0 Å². The molecule has 1 heterocycles. The first-order valence-corrected chi connectivity index (χ1v) is 7.52. The number of carbonyl (C=O) groups is 1. The van der Waals surface area contributed by atoms with Crippen LogP contribution < -0.4 is 0 Å². The molecule has 0 radical (unpaired) electrons. The highest BCUT2D eigenvalue weighted by atomic mass is 16.4. The molecule has 110 valence electrons. The van der Waals surface area contributed by atoms with Crippen molar-refractivity contribution in [3.63, 3.8) is 0 Å². The van der Waals surface area contributed by atoms with Crippen molar-refractivity contribution >= 4 is 16.7 Å². The van der Waals surface area contributed by atoms with Gasteiger partial charge in [-0.2, -0.15) is 0 Å². The third kappa shape index (κ3) is 2.66. The van der Waals surface area contributed by atoms with Crippen LogP contribution in [0.2, 0.25) is 0 Å². The Kier molecular flexibility index (Phi) is 3.68. The zero-order valence-electron chi connectivity index (χ0n) is 12.5. The Bertz CT molecular complexity index is 661. The average molecular weight is 283 g/mol. The molecule has 1 fully saturated rings. The van der Waals surface area contributed by atoms with E-state index >= 15 is 0 Å². The molecule has 1 aliphatic rings. The van der Waals surface area contributed by atoms with Crippen LogP contribution in [0, 0.1) is 11.8 Å². The molecule has 3 nitrogen and oxygen atoms in total. The molecule has 1 N–H and O–H groups in total. The highest BCUT2D eigenvalue weighted by Gasteiger charge is 2.36. The molecular weight excluding hydrogens is 262 g/mol. The molecule has 2 aromatic rings. The van der Waals surface area contributed by atoms with E-state index in [2.05, 4.69) is 54.3 Å². The van der Waals surface area contributed by atoms with Crippen LogP contribution in [0.3, 0.4) is 0 Å². The van der Waals surface area contributed by atoms with E-state index in [-0.39, 0.29) is 11.8 Å². The van der Waals surface area contributed by atoms with E-state index in [1.165, 1.54) is 16.3 Å². The zero-order chi connectivity index (χ0) is 15.0. The van der Waals surface area contributed by atoms with Crippen LogP contribution in [-0.4, -0.2) is 29.1 Å². The van der Waals surface area contributed by atoms with E-state index in [0.29, 0.717) is 6.04 Å². The molecule has 0 aromatic heterocycles. The van der Waals surface area contributed by atoms with Crippen molar-refractivity contribution in [1.82, 2.24) is 4.90 Å². The SMILES string of the molecule is CC(C(=O)O)C1CN(C(C)c2ccc3ccccc3c2)C1. The summed E-state index contributed by atoms with van der Waals surface area (Å²) in [6.45, 7) is 5.76. The summed E-state index contributed by atoms with van der Waals surface area (Å²) in [6.07, 6.45) is 0. The molecule has 21 heavy (non-hydrogen) atoms. The van der Waals surface area contributed by atoms with Gasteiger partial charge in [-0.25, -0.2) is 0 Å². The van der Waals surface area contributed by atoms with Crippen LogP contribution in [-0.2, 0) is 4.79 Å². The van der Waals surface area contributed by atoms with Gasteiger partial charge in [0.1, 0.15) is 0 Å². The lowest BCUT2D eigenvalue weighted by Gasteiger charge is -2.45. The maximum absolute atomic E-state index is 11.0. The fourth-order valence-corrected chi connectivity index (χ4v) is 3.06. The molecule has 1 aliphatic heterocycles. The number of benzene rings is 2. The van der Waals surface area contributed by atoms with Crippen molar-refractivity contribution in [3.8, 4) is 0 Å². The number of hydrogen-bond donors (Lipinski definition) is 1. The molecule has 0 bridgehead atoms. The minimum atomic E-state index is -0.682. The number of hydrogen-bond acceptors (Lipinski definition) is 2. The topological polar surface area (TPSA) is 40.5 Å². The van der Waals surface area contributed by atoms with E-state index < -0.39 is 5.97 Å². The number of carboxylic acids is 1. The Morgan fingerprint density at radius 3 is 2.48 bits per heavy atom. The first-order chi connectivity index (χ1) is 10.1. The summed E-state index contributed by atoms with van der Waals surface area (Å²) in [5.41, 5.74) is 1.30. The maximum atomic E-state index is 11.0. The Hall–Kier alpha value is -1.87. The number of carboxylic acid groups (broad SMARTS) is 1. The lowest BCUT2D eigenvalue weighted by molar-refractivity contribution is -0.146. The maximum Gasteiger partial charge on any atom is 0.306 e. The molecule has 0 spiro atoms. The van der Waals surface area contributed by atoms with Gasteiger partial charge in [-0.3, -0.25) is 9.69 Å². The van der Waals surface area contributed by atoms with Crippen LogP contribution in [0.1, 0.15) is 25.5 Å². The molecule has 2 aromatic carbocycles. The second-order valence-electron chi connectivity index (χ2n) is 6.12. The summed E-state index contributed by atoms with van der Waals surface area (Å²) in [5, 5.41) is 11.6. The molecule has 0 amide bonds. The van der Waals surface area contributed by atoms with Crippen molar-refractivity contribution in [1.29, 1.82) is 0 Å².